The molecule has 2 heterocycles. The van der Waals surface area contributed by atoms with Crippen molar-refractivity contribution < 1.29 is 4.79 Å². The second kappa shape index (κ2) is 7.36. The molecule has 0 N–H and O–H groups in total. The number of likely N-dealkylation sites (N-methyl/N-ethyl adjacent to an activating group) is 1. The van der Waals surface area contributed by atoms with Crippen molar-refractivity contribution in [3.05, 3.63) is 64.2 Å². The Hall–Kier alpha value is -2.53. The van der Waals surface area contributed by atoms with Gasteiger partial charge in [0.05, 0.1) is 28.5 Å². The van der Waals surface area contributed by atoms with Crippen molar-refractivity contribution in [3.8, 4) is 0 Å². The van der Waals surface area contributed by atoms with Gasteiger partial charge in [0.15, 0.2) is 0 Å². The topological polar surface area (TPSA) is 46.1 Å². The molecule has 0 aliphatic carbocycles. The smallest absolute Gasteiger partial charge is 0.246 e. The number of aromatic nitrogens is 2. The zero-order valence-electron chi connectivity index (χ0n) is 13.8. The third kappa shape index (κ3) is 3.86. The Bertz CT molecular complexity index is 885. The minimum absolute atomic E-state index is 0.0295. The lowest BCUT2D eigenvalue weighted by Crippen LogP contribution is -2.29. The number of pyridine rings is 1. The van der Waals surface area contributed by atoms with E-state index in [1.54, 1.807) is 28.4 Å². The molecule has 0 saturated carbocycles. The third-order valence-corrected chi connectivity index (χ3v) is 4.53. The number of hydrogen-bond donors (Lipinski definition) is 0. The molecule has 24 heavy (non-hydrogen) atoms. The average Bonchev–Trinajstić information content (AvgIpc) is 3.02. The van der Waals surface area contributed by atoms with Gasteiger partial charge in [0, 0.05) is 23.4 Å². The number of rotatable bonds is 5. The number of carbonyl (C=O) groups is 1. The molecule has 3 aromatic rings. The van der Waals surface area contributed by atoms with Gasteiger partial charge in [0.25, 0.3) is 0 Å². The highest BCUT2D eigenvalue weighted by molar-refractivity contribution is 7.09. The van der Waals surface area contributed by atoms with E-state index in [1.807, 2.05) is 55.6 Å². The molecule has 1 aromatic carbocycles. The Labute approximate surface area is 145 Å². The summed E-state index contributed by atoms with van der Waals surface area (Å²) >= 11 is 1.58. The number of aryl methyl sites for hydroxylation is 1. The largest absolute Gasteiger partial charge is 0.334 e. The second-order valence-electron chi connectivity index (χ2n) is 5.47. The van der Waals surface area contributed by atoms with E-state index in [1.165, 1.54) is 0 Å². The molecule has 5 heteroatoms. The molecular formula is C19H19N3OS. The number of benzene rings is 1. The van der Waals surface area contributed by atoms with Gasteiger partial charge in [-0.15, -0.1) is 11.3 Å². The van der Waals surface area contributed by atoms with E-state index in [9.17, 15) is 4.79 Å². The van der Waals surface area contributed by atoms with Crippen LogP contribution in [0.1, 0.15) is 23.3 Å². The van der Waals surface area contributed by atoms with Gasteiger partial charge in [-0.25, -0.2) is 4.98 Å². The van der Waals surface area contributed by atoms with Crippen molar-refractivity contribution >= 4 is 34.2 Å². The van der Waals surface area contributed by atoms with Gasteiger partial charge in [0.2, 0.25) is 5.91 Å². The predicted octanol–water partition coefficient (Wildman–Crippen LogP) is 4.06. The number of hydrogen-bond acceptors (Lipinski definition) is 4. The summed E-state index contributed by atoms with van der Waals surface area (Å²) in [5.74, 6) is -0.0295. The lowest BCUT2D eigenvalue weighted by molar-refractivity contribution is -0.126. The molecule has 0 atom stereocenters. The number of fused-ring (bicyclic) bond motifs is 1. The number of amides is 1. The summed E-state index contributed by atoms with van der Waals surface area (Å²) in [5, 5.41) is 4.05. The van der Waals surface area contributed by atoms with Crippen LogP contribution in [0, 0.1) is 6.92 Å². The van der Waals surface area contributed by atoms with Crippen LogP contribution in [0.5, 0.6) is 0 Å². The molecule has 0 unspecified atom stereocenters. The summed E-state index contributed by atoms with van der Waals surface area (Å²) in [6, 6.07) is 12.0. The highest BCUT2D eigenvalue weighted by Crippen LogP contribution is 2.14. The fourth-order valence-electron chi connectivity index (χ4n) is 2.46. The van der Waals surface area contributed by atoms with Crippen molar-refractivity contribution in [3.63, 3.8) is 0 Å². The van der Waals surface area contributed by atoms with E-state index in [-0.39, 0.29) is 5.91 Å². The zero-order chi connectivity index (χ0) is 16.9. The zero-order valence-corrected chi connectivity index (χ0v) is 14.6. The Kier molecular flexibility index (Phi) is 5.01. The van der Waals surface area contributed by atoms with Crippen molar-refractivity contribution in [2.75, 3.05) is 6.54 Å². The second-order valence-corrected chi connectivity index (χ2v) is 6.53. The molecule has 0 saturated heterocycles. The molecule has 0 radical (unpaired) electrons. The minimum Gasteiger partial charge on any atom is -0.334 e. The molecule has 0 aliphatic rings. The molecule has 0 spiro atoms. The summed E-state index contributed by atoms with van der Waals surface area (Å²) in [7, 11) is 0. The maximum atomic E-state index is 12.4. The first-order chi connectivity index (χ1) is 11.7. The Morgan fingerprint density at radius 2 is 2.04 bits per heavy atom. The SMILES string of the molecule is CCN(Cc1ccc2ccccc2n1)C(=O)C=Cc1csc(C)n1. The quantitative estimate of drug-likeness (QED) is 0.660. The normalized spacial score (nSPS) is 11.2. The lowest BCUT2D eigenvalue weighted by atomic mass is 10.2. The average molecular weight is 337 g/mol. The van der Waals surface area contributed by atoms with Gasteiger partial charge in [-0.3, -0.25) is 9.78 Å². The van der Waals surface area contributed by atoms with Gasteiger partial charge in [0.1, 0.15) is 0 Å². The van der Waals surface area contributed by atoms with E-state index < -0.39 is 0 Å². The Morgan fingerprint density at radius 1 is 1.21 bits per heavy atom. The number of thiazole rings is 1. The fourth-order valence-corrected chi connectivity index (χ4v) is 3.04. The summed E-state index contributed by atoms with van der Waals surface area (Å²) in [6.45, 7) is 5.06. The lowest BCUT2D eigenvalue weighted by Gasteiger charge is -2.18. The fraction of sp³-hybridized carbons (Fsp3) is 0.211. The van der Waals surface area contributed by atoms with Gasteiger partial charge in [-0.05, 0) is 32.1 Å². The van der Waals surface area contributed by atoms with Crippen LogP contribution < -0.4 is 0 Å². The van der Waals surface area contributed by atoms with E-state index >= 15 is 0 Å². The van der Waals surface area contributed by atoms with Crippen LogP contribution >= 0.6 is 11.3 Å². The molecule has 122 valence electrons. The molecule has 0 bridgehead atoms. The first kappa shape index (κ1) is 16.3. The Morgan fingerprint density at radius 3 is 2.79 bits per heavy atom. The predicted molar refractivity (Wildman–Crippen MR) is 98.7 cm³/mol. The highest BCUT2D eigenvalue weighted by atomic mass is 32.1. The van der Waals surface area contributed by atoms with Crippen molar-refractivity contribution in [2.24, 2.45) is 0 Å². The van der Waals surface area contributed by atoms with Crippen LogP contribution in [0.2, 0.25) is 0 Å². The number of carbonyl (C=O) groups excluding carboxylic acids is 1. The first-order valence-corrected chi connectivity index (χ1v) is 8.77. The van der Waals surface area contributed by atoms with Crippen molar-refractivity contribution in [1.29, 1.82) is 0 Å². The van der Waals surface area contributed by atoms with Crippen LogP contribution in [0.3, 0.4) is 0 Å². The van der Waals surface area contributed by atoms with Gasteiger partial charge in [-0.2, -0.15) is 0 Å². The summed E-state index contributed by atoms with van der Waals surface area (Å²) < 4.78 is 0. The van der Waals surface area contributed by atoms with Gasteiger partial charge < -0.3 is 4.90 Å². The Balaban J connectivity index is 1.72. The number of para-hydroxylation sites is 1. The molecular weight excluding hydrogens is 318 g/mol. The molecule has 3 rings (SSSR count). The van der Waals surface area contributed by atoms with Crippen LogP contribution in [-0.2, 0) is 11.3 Å². The van der Waals surface area contributed by atoms with Crippen LogP contribution in [0.25, 0.3) is 17.0 Å². The monoisotopic (exact) mass is 337 g/mol. The van der Waals surface area contributed by atoms with Crippen LogP contribution in [0.15, 0.2) is 47.9 Å². The van der Waals surface area contributed by atoms with E-state index in [2.05, 4.69) is 9.97 Å². The van der Waals surface area contributed by atoms with Crippen molar-refractivity contribution in [2.45, 2.75) is 20.4 Å². The summed E-state index contributed by atoms with van der Waals surface area (Å²) in [5.41, 5.74) is 2.67. The molecule has 2 aromatic heterocycles. The minimum atomic E-state index is -0.0295. The summed E-state index contributed by atoms with van der Waals surface area (Å²) in [4.78, 5) is 23.2. The maximum Gasteiger partial charge on any atom is 0.246 e. The maximum absolute atomic E-state index is 12.4. The highest BCUT2D eigenvalue weighted by Gasteiger charge is 2.10. The molecule has 0 aliphatic heterocycles. The van der Waals surface area contributed by atoms with Crippen LogP contribution in [-0.4, -0.2) is 27.3 Å². The third-order valence-electron chi connectivity index (χ3n) is 3.74. The molecule has 1 amide bonds. The van der Waals surface area contributed by atoms with E-state index in [0.29, 0.717) is 13.1 Å². The van der Waals surface area contributed by atoms with E-state index in [4.69, 9.17) is 0 Å². The first-order valence-electron chi connectivity index (χ1n) is 7.89. The van der Waals surface area contributed by atoms with Crippen molar-refractivity contribution in [1.82, 2.24) is 14.9 Å². The number of nitrogens with zero attached hydrogens (tertiary/aromatic N) is 3. The van der Waals surface area contributed by atoms with E-state index in [0.717, 1.165) is 27.3 Å². The molecule has 4 nitrogen and oxygen atoms in total. The van der Waals surface area contributed by atoms with Gasteiger partial charge in [-0.1, -0.05) is 24.3 Å². The standard InChI is InChI=1S/C19H19N3OS/c1-3-22(19(23)11-10-17-13-24-14(2)20-17)12-16-9-8-15-6-4-5-7-18(15)21-16/h4-11,13H,3,12H2,1-2H3. The van der Waals surface area contributed by atoms with Gasteiger partial charge >= 0.3 is 0 Å². The molecule has 0 fully saturated rings. The van der Waals surface area contributed by atoms with Crippen LogP contribution in [0.4, 0.5) is 0 Å². The summed E-state index contributed by atoms with van der Waals surface area (Å²) in [6.07, 6.45) is 3.35.